The van der Waals surface area contributed by atoms with Gasteiger partial charge in [0.25, 0.3) is 0 Å². The molecule has 0 aromatic heterocycles. The van der Waals surface area contributed by atoms with Crippen LogP contribution in [0.3, 0.4) is 0 Å². The highest BCUT2D eigenvalue weighted by atomic mass is 35.5. The van der Waals surface area contributed by atoms with Crippen LogP contribution in [-0.2, 0) is 0 Å². The number of rotatable bonds is 1. The van der Waals surface area contributed by atoms with Crippen LogP contribution in [0.15, 0.2) is 0 Å². The Morgan fingerprint density at radius 3 is 1.67 bits per heavy atom. The summed E-state index contributed by atoms with van der Waals surface area (Å²) in [5, 5.41) is 12.3. The molecule has 0 bridgehead atoms. The third-order valence-electron chi connectivity index (χ3n) is 0.236. The molecule has 0 heterocycles. The molecule has 0 fully saturated rings. The molecule has 0 spiro atoms. The molecular formula is C2H4ClN3. The van der Waals surface area contributed by atoms with E-state index in [4.69, 9.17) is 22.4 Å². The quantitative estimate of drug-likeness (QED) is 0.322. The van der Waals surface area contributed by atoms with Crippen molar-refractivity contribution in [3.05, 3.63) is 0 Å². The van der Waals surface area contributed by atoms with Gasteiger partial charge >= 0.3 is 0 Å². The van der Waals surface area contributed by atoms with Crippen LogP contribution in [0.5, 0.6) is 0 Å². The minimum absolute atomic E-state index is 0.392. The topological polar surface area (TPSA) is 73.7 Å². The van der Waals surface area contributed by atoms with Crippen molar-refractivity contribution in [3.8, 4) is 0 Å². The van der Waals surface area contributed by atoms with Crippen LogP contribution < -0.4 is 5.73 Å². The van der Waals surface area contributed by atoms with Gasteiger partial charge in [-0.2, -0.15) is 0 Å². The number of hydrogen-bond donors (Lipinski definition) is 3. The van der Waals surface area contributed by atoms with E-state index in [1.54, 1.807) is 0 Å². The monoisotopic (exact) mass is 105 g/mol. The molecule has 0 aliphatic rings. The van der Waals surface area contributed by atoms with Crippen LogP contribution in [-0.4, -0.2) is 11.0 Å². The summed E-state index contributed by atoms with van der Waals surface area (Å²) in [4.78, 5) is 0. The summed E-state index contributed by atoms with van der Waals surface area (Å²) in [5.74, 6) is -0.392. The average molecular weight is 106 g/mol. The maximum Gasteiger partial charge on any atom is 0.162 e. The lowest BCUT2D eigenvalue weighted by Gasteiger charge is -1.81. The van der Waals surface area contributed by atoms with Crippen molar-refractivity contribution < 1.29 is 0 Å². The second-order valence-electron chi connectivity index (χ2n) is 0.728. The van der Waals surface area contributed by atoms with E-state index in [1.165, 1.54) is 0 Å². The normalized spacial score (nSPS) is 7.50. The predicted molar refractivity (Wildman–Crippen MR) is 25.5 cm³/mol. The summed E-state index contributed by atoms with van der Waals surface area (Å²) in [7, 11) is 0. The molecule has 0 saturated carbocycles. The molecule has 0 amide bonds. The smallest absolute Gasteiger partial charge is 0.162 e. The highest BCUT2D eigenvalue weighted by Gasteiger charge is 1.87. The first-order chi connectivity index (χ1) is 2.64. The minimum atomic E-state index is -0.407. The third-order valence-corrected chi connectivity index (χ3v) is 0.440. The Kier molecular flexibility index (Phi) is 1.60. The summed E-state index contributed by atoms with van der Waals surface area (Å²) < 4.78 is 0. The highest BCUT2D eigenvalue weighted by molar-refractivity contribution is 6.82. The molecule has 3 nitrogen and oxygen atoms in total. The molecule has 0 unspecified atom stereocenters. The van der Waals surface area contributed by atoms with Crippen molar-refractivity contribution in [2.24, 2.45) is 5.73 Å². The molecule has 34 valence electrons. The molecular weight excluding hydrogens is 101 g/mol. The molecule has 4 heteroatoms. The minimum Gasteiger partial charge on any atom is -0.382 e. The van der Waals surface area contributed by atoms with Gasteiger partial charge in [0.1, 0.15) is 0 Å². The fraction of sp³-hybridized carbons (Fsp3) is 0. The maximum atomic E-state index is 6.37. The molecule has 0 aliphatic heterocycles. The van der Waals surface area contributed by atoms with E-state index in [9.17, 15) is 0 Å². The van der Waals surface area contributed by atoms with Gasteiger partial charge in [0.2, 0.25) is 0 Å². The first-order valence-corrected chi connectivity index (χ1v) is 1.61. The maximum absolute atomic E-state index is 6.37. The third kappa shape index (κ3) is 1.72. The zero-order chi connectivity index (χ0) is 5.15. The standard InChI is InChI=1S/C2H4ClN3/c3-1(4)2(5)6/h4H,(H3,5,6). The van der Waals surface area contributed by atoms with Gasteiger partial charge in [0, 0.05) is 0 Å². The predicted octanol–water partition coefficient (Wildman–Crippen LogP) is 0.138. The molecule has 0 rings (SSSR count). The molecule has 6 heavy (non-hydrogen) atoms. The zero-order valence-electron chi connectivity index (χ0n) is 2.96. The molecule has 4 N–H and O–H groups in total. The summed E-state index contributed by atoms with van der Waals surface area (Å²) in [6, 6.07) is 0. The van der Waals surface area contributed by atoms with Crippen molar-refractivity contribution in [1.82, 2.24) is 0 Å². The second-order valence-corrected chi connectivity index (χ2v) is 1.11. The molecule has 0 aromatic rings. The number of halogens is 1. The van der Waals surface area contributed by atoms with Crippen LogP contribution >= 0.6 is 11.6 Å². The SMILES string of the molecule is N=C(N)C(=N)Cl. The van der Waals surface area contributed by atoms with E-state index in [1.807, 2.05) is 0 Å². The summed E-state index contributed by atoms with van der Waals surface area (Å²) in [6.07, 6.45) is 0. The zero-order valence-corrected chi connectivity index (χ0v) is 3.71. The van der Waals surface area contributed by atoms with Crippen molar-refractivity contribution in [2.45, 2.75) is 0 Å². The Morgan fingerprint density at radius 2 is 1.67 bits per heavy atom. The first kappa shape index (κ1) is 5.43. The summed E-state index contributed by atoms with van der Waals surface area (Å²) >= 11 is 4.85. The summed E-state index contributed by atoms with van der Waals surface area (Å²) in [6.45, 7) is 0. The van der Waals surface area contributed by atoms with Gasteiger partial charge < -0.3 is 5.73 Å². The van der Waals surface area contributed by atoms with Gasteiger partial charge in [-0.25, -0.2) is 0 Å². The van der Waals surface area contributed by atoms with Gasteiger partial charge in [-0.05, 0) is 0 Å². The Morgan fingerprint density at radius 1 is 1.50 bits per heavy atom. The van der Waals surface area contributed by atoms with Crippen LogP contribution in [0.25, 0.3) is 0 Å². The van der Waals surface area contributed by atoms with Crippen LogP contribution in [0, 0.1) is 10.8 Å². The van der Waals surface area contributed by atoms with Crippen LogP contribution in [0.2, 0.25) is 0 Å². The van der Waals surface area contributed by atoms with Gasteiger partial charge in [-0.1, -0.05) is 11.6 Å². The Bertz CT molecular complexity index is 74.8. The molecule has 0 aromatic carbocycles. The molecule has 0 atom stereocenters. The fourth-order valence-electron chi connectivity index (χ4n) is 0. The summed E-state index contributed by atoms with van der Waals surface area (Å²) in [5.41, 5.74) is 4.66. The first-order valence-electron chi connectivity index (χ1n) is 1.23. The second kappa shape index (κ2) is 1.77. The van der Waals surface area contributed by atoms with Gasteiger partial charge in [-0.3, -0.25) is 10.8 Å². The highest BCUT2D eigenvalue weighted by Crippen LogP contribution is 1.73. The number of nitrogens with one attached hydrogen (secondary N) is 2. The number of nitrogens with two attached hydrogens (primary N) is 1. The molecule has 0 aliphatic carbocycles. The Labute approximate surface area is 40.1 Å². The van der Waals surface area contributed by atoms with Crippen LogP contribution in [0.4, 0.5) is 0 Å². The van der Waals surface area contributed by atoms with Crippen molar-refractivity contribution in [1.29, 1.82) is 10.8 Å². The van der Waals surface area contributed by atoms with Crippen molar-refractivity contribution >= 4 is 22.6 Å². The Hall–Kier alpha value is -0.570. The van der Waals surface area contributed by atoms with E-state index < -0.39 is 11.0 Å². The Balaban J connectivity index is 3.57. The average Bonchev–Trinajstić information content (AvgIpc) is 1.36. The van der Waals surface area contributed by atoms with Gasteiger partial charge in [0.05, 0.1) is 0 Å². The number of hydrogen-bond acceptors (Lipinski definition) is 2. The van der Waals surface area contributed by atoms with E-state index >= 15 is 0 Å². The van der Waals surface area contributed by atoms with Gasteiger partial charge in [0.15, 0.2) is 11.0 Å². The lowest BCUT2D eigenvalue weighted by atomic mass is 10.7. The van der Waals surface area contributed by atoms with Crippen LogP contribution in [0.1, 0.15) is 0 Å². The lowest BCUT2D eigenvalue weighted by molar-refractivity contribution is 1.46. The van der Waals surface area contributed by atoms with Gasteiger partial charge in [-0.15, -0.1) is 0 Å². The molecule has 0 radical (unpaired) electrons. The van der Waals surface area contributed by atoms with Crippen molar-refractivity contribution in [2.75, 3.05) is 0 Å². The van der Waals surface area contributed by atoms with Crippen molar-refractivity contribution in [3.63, 3.8) is 0 Å². The fourth-order valence-corrected chi connectivity index (χ4v) is 0. The lowest BCUT2D eigenvalue weighted by Crippen LogP contribution is -2.15. The number of amidine groups is 1. The molecule has 0 saturated heterocycles. The van der Waals surface area contributed by atoms with E-state index in [0.717, 1.165) is 0 Å². The van der Waals surface area contributed by atoms with E-state index in [-0.39, 0.29) is 0 Å². The largest absolute Gasteiger partial charge is 0.382 e. The van der Waals surface area contributed by atoms with E-state index in [0.29, 0.717) is 0 Å². The van der Waals surface area contributed by atoms with E-state index in [2.05, 4.69) is 5.73 Å².